The third-order valence-corrected chi connectivity index (χ3v) is 5.73. The number of carbonyl (C=O) groups excluding carboxylic acids is 2. The number of carboxylic acid groups (broad SMARTS) is 1. The van der Waals surface area contributed by atoms with Crippen LogP contribution in [0, 0.1) is 0 Å². The fourth-order valence-corrected chi connectivity index (χ4v) is 4.10. The minimum absolute atomic E-state index is 0.241. The molecule has 0 saturated carbocycles. The third-order valence-electron chi connectivity index (χ3n) is 5.73. The van der Waals surface area contributed by atoms with E-state index in [9.17, 15) is 19.5 Å². The number of amides is 1. The quantitative estimate of drug-likeness (QED) is 0.585. The largest absolute Gasteiger partial charge is 0.480 e. The van der Waals surface area contributed by atoms with E-state index >= 15 is 0 Å². The van der Waals surface area contributed by atoms with Gasteiger partial charge in [-0.25, -0.2) is 4.79 Å². The lowest BCUT2D eigenvalue weighted by Gasteiger charge is -2.37. The maximum Gasteiger partial charge on any atom is 0.326 e. The molecule has 1 aliphatic heterocycles. The van der Waals surface area contributed by atoms with Crippen LogP contribution in [0.1, 0.15) is 37.8 Å². The van der Waals surface area contributed by atoms with Gasteiger partial charge in [-0.1, -0.05) is 48.5 Å². The molecule has 2 aromatic carbocycles. The molecule has 0 bridgehead atoms. The van der Waals surface area contributed by atoms with Gasteiger partial charge in [-0.2, -0.15) is 0 Å². The summed E-state index contributed by atoms with van der Waals surface area (Å²) < 4.78 is 5.21. The van der Waals surface area contributed by atoms with E-state index in [1.165, 1.54) is 4.90 Å². The maximum atomic E-state index is 13.4. The van der Waals surface area contributed by atoms with Gasteiger partial charge >= 0.3 is 11.9 Å². The van der Waals surface area contributed by atoms with E-state index in [-0.39, 0.29) is 12.5 Å². The van der Waals surface area contributed by atoms with E-state index in [1.54, 1.807) is 26.0 Å². The second-order valence-corrected chi connectivity index (χ2v) is 7.95. The number of nitrogens with one attached hydrogen (secondary N) is 1. The number of nitrogens with zero attached hydrogens (tertiary/aromatic N) is 1. The van der Waals surface area contributed by atoms with Crippen LogP contribution in [0.25, 0.3) is 0 Å². The standard InChI is InChI=1S/C25H30N2O5/c1-3-32-25(31)20(15-13-18-9-5-4-6-10-18)26-17(2)23(28)27-21-12-8-7-11-19(21)14-16-22(27)24(29)30/h4-12,17,20,22,26H,3,13-16H2,1-2H3,(H,29,30). The van der Waals surface area contributed by atoms with Crippen LogP contribution in [-0.2, 0) is 32.0 Å². The monoisotopic (exact) mass is 438 g/mol. The summed E-state index contributed by atoms with van der Waals surface area (Å²) in [6.07, 6.45) is 2.04. The van der Waals surface area contributed by atoms with Crippen LogP contribution in [0.4, 0.5) is 5.69 Å². The number of aryl methyl sites for hydroxylation is 2. The Morgan fingerprint density at radius 2 is 1.81 bits per heavy atom. The highest BCUT2D eigenvalue weighted by Crippen LogP contribution is 2.31. The van der Waals surface area contributed by atoms with E-state index in [2.05, 4.69) is 5.32 Å². The molecule has 2 aromatic rings. The van der Waals surface area contributed by atoms with Gasteiger partial charge in [-0.3, -0.25) is 19.8 Å². The van der Waals surface area contributed by atoms with E-state index in [0.717, 1.165) is 11.1 Å². The van der Waals surface area contributed by atoms with Crippen molar-refractivity contribution < 1.29 is 24.2 Å². The topological polar surface area (TPSA) is 95.9 Å². The molecule has 0 radical (unpaired) electrons. The van der Waals surface area contributed by atoms with Crippen molar-refractivity contribution in [1.82, 2.24) is 5.32 Å². The number of esters is 1. The zero-order valence-electron chi connectivity index (χ0n) is 18.5. The van der Waals surface area contributed by atoms with Crippen LogP contribution in [0.15, 0.2) is 54.6 Å². The van der Waals surface area contributed by atoms with E-state index in [0.29, 0.717) is 31.4 Å². The number of hydrogen-bond donors (Lipinski definition) is 2. The summed E-state index contributed by atoms with van der Waals surface area (Å²) >= 11 is 0. The first kappa shape index (κ1) is 23.5. The van der Waals surface area contributed by atoms with Crippen molar-refractivity contribution in [2.75, 3.05) is 11.5 Å². The number of benzene rings is 2. The lowest BCUT2D eigenvalue weighted by molar-refractivity contribution is -0.146. The minimum Gasteiger partial charge on any atom is -0.480 e. The zero-order valence-corrected chi connectivity index (χ0v) is 18.5. The van der Waals surface area contributed by atoms with E-state index in [1.807, 2.05) is 42.5 Å². The molecule has 32 heavy (non-hydrogen) atoms. The van der Waals surface area contributed by atoms with Crippen molar-refractivity contribution in [3.05, 3.63) is 65.7 Å². The lowest BCUT2D eigenvalue weighted by Crippen LogP contribution is -2.56. The summed E-state index contributed by atoms with van der Waals surface area (Å²) in [7, 11) is 0. The van der Waals surface area contributed by atoms with Crippen molar-refractivity contribution in [2.45, 2.75) is 57.7 Å². The van der Waals surface area contributed by atoms with Gasteiger partial charge in [0.05, 0.1) is 12.6 Å². The average Bonchev–Trinajstić information content (AvgIpc) is 2.81. The predicted octanol–water partition coefficient (Wildman–Crippen LogP) is 2.96. The molecule has 3 unspecified atom stereocenters. The Bertz CT molecular complexity index is 946. The zero-order chi connectivity index (χ0) is 23.1. The molecule has 7 heteroatoms. The molecule has 7 nitrogen and oxygen atoms in total. The molecule has 170 valence electrons. The average molecular weight is 439 g/mol. The SMILES string of the molecule is CCOC(=O)C(CCc1ccccc1)NC(C)C(=O)N1c2ccccc2CCC1C(=O)O. The Balaban J connectivity index is 1.78. The van der Waals surface area contributed by atoms with Crippen LogP contribution < -0.4 is 10.2 Å². The number of rotatable bonds is 9. The molecule has 2 N–H and O–H groups in total. The van der Waals surface area contributed by atoms with Crippen molar-refractivity contribution in [2.24, 2.45) is 0 Å². The molecule has 1 amide bonds. The fourth-order valence-electron chi connectivity index (χ4n) is 4.10. The minimum atomic E-state index is -1.04. The Kier molecular flexibility index (Phi) is 8.00. The van der Waals surface area contributed by atoms with E-state index < -0.39 is 30.1 Å². The van der Waals surface area contributed by atoms with Gasteiger partial charge in [0.15, 0.2) is 0 Å². The second kappa shape index (κ2) is 10.9. The Labute approximate surface area is 188 Å². The predicted molar refractivity (Wildman–Crippen MR) is 121 cm³/mol. The summed E-state index contributed by atoms with van der Waals surface area (Å²) in [6, 6.07) is 14.7. The van der Waals surface area contributed by atoms with E-state index in [4.69, 9.17) is 4.74 Å². The van der Waals surface area contributed by atoms with Gasteiger partial charge in [0.1, 0.15) is 12.1 Å². The second-order valence-electron chi connectivity index (χ2n) is 7.95. The Hall–Kier alpha value is -3.19. The maximum absolute atomic E-state index is 13.4. The molecule has 0 aromatic heterocycles. The fraction of sp³-hybridized carbons (Fsp3) is 0.400. The molecular formula is C25H30N2O5. The number of fused-ring (bicyclic) bond motifs is 1. The van der Waals surface area contributed by atoms with Gasteiger partial charge in [0, 0.05) is 5.69 Å². The summed E-state index contributed by atoms with van der Waals surface area (Å²) in [5.41, 5.74) is 2.64. The first-order valence-electron chi connectivity index (χ1n) is 11.0. The van der Waals surface area contributed by atoms with Crippen molar-refractivity contribution in [3.63, 3.8) is 0 Å². The van der Waals surface area contributed by atoms with Crippen LogP contribution in [0.3, 0.4) is 0 Å². The van der Waals surface area contributed by atoms with Crippen LogP contribution in [0.5, 0.6) is 0 Å². The number of aliphatic carboxylic acids is 1. The molecular weight excluding hydrogens is 408 g/mol. The molecule has 0 aliphatic carbocycles. The van der Waals surface area contributed by atoms with Crippen molar-refractivity contribution >= 4 is 23.5 Å². The summed E-state index contributed by atoms with van der Waals surface area (Å²) in [6.45, 7) is 3.64. The Morgan fingerprint density at radius 1 is 1.12 bits per heavy atom. The van der Waals surface area contributed by atoms with Crippen LogP contribution in [-0.4, -0.2) is 47.7 Å². The van der Waals surface area contributed by atoms with Crippen molar-refractivity contribution in [3.8, 4) is 0 Å². The first-order valence-corrected chi connectivity index (χ1v) is 11.0. The molecule has 0 spiro atoms. The lowest BCUT2D eigenvalue weighted by atomic mass is 9.94. The number of carbonyl (C=O) groups is 3. The number of hydrogen-bond acceptors (Lipinski definition) is 5. The molecule has 1 heterocycles. The third kappa shape index (κ3) is 5.53. The molecule has 0 saturated heterocycles. The summed E-state index contributed by atoms with van der Waals surface area (Å²) in [5.74, 6) is -1.83. The van der Waals surface area contributed by atoms with Gasteiger partial charge in [0.25, 0.3) is 0 Å². The molecule has 0 fully saturated rings. The highest BCUT2D eigenvalue weighted by Gasteiger charge is 2.38. The van der Waals surface area contributed by atoms with Gasteiger partial charge < -0.3 is 9.84 Å². The van der Waals surface area contributed by atoms with Gasteiger partial charge in [0.2, 0.25) is 5.91 Å². The number of ether oxygens (including phenoxy) is 1. The normalized spacial score (nSPS) is 17.2. The first-order chi connectivity index (χ1) is 15.4. The number of para-hydroxylation sites is 1. The highest BCUT2D eigenvalue weighted by molar-refractivity contribution is 6.03. The number of anilines is 1. The Morgan fingerprint density at radius 3 is 2.50 bits per heavy atom. The molecule has 3 rings (SSSR count). The molecule has 3 atom stereocenters. The highest BCUT2D eigenvalue weighted by atomic mass is 16.5. The van der Waals surface area contributed by atoms with Gasteiger partial charge in [-0.05, 0) is 56.7 Å². The summed E-state index contributed by atoms with van der Waals surface area (Å²) in [5, 5.41) is 12.8. The van der Waals surface area contributed by atoms with Crippen LogP contribution in [0.2, 0.25) is 0 Å². The van der Waals surface area contributed by atoms with Crippen LogP contribution >= 0.6 is 0 Å². The van der Waals surface area contributed by atoms with Gasteiger partial charge in [-0.15, -0.1) is 0 Å². The summed E-state index contributed by atoms with van der Waals surface area (Å²) in [4.78, 5) is 39.2. The number of carboxylic acids is 1. The smallest absolute Gasteiger partial charge is 0.326 e. The van der Waals surface area contributed by atoms with Crippen molar-refractivity contribution in [1.29, 1.82) is 0 Å². The molecule has 1 aliphatic rings.